The van der Waals surface area contributed by atoms with Crippen LogP contribution in [0.1, 0.15) is 27.8 Å². The second kappa shape index (κ2) is 14.0. The van der Waals surface area contributed by atoms with Gasteiger partial charge in [0.05, 0.1) is 23.4 Å². The first kappa shape index (κ1) is 31.7. The minimum atomic E-state index is -0.223. The van der Waals surface area contributed by atoms with E-state index >= 15 is 0 Å². The van der Waals surface area contributed by atoms with Gasteiger partial charge in [-0.15, -0.1) is 6.58 Å². The van der Waals surface area contributed by atoms with Crippen molar-refractivity contribution in [3.63, 3.8) is 0 Å². The van der Waals surface area contributed by atoms with Gasteiger partial charge in [0, 0.05) is 20.6 Å². The molecule has 5 rings (SSSR count). The van der Waals surface area contributed by atoms with Gasteiger partial charge in [0.1, 0.15) is 6.61 Å². The van der Waals surface area contributed by atoms with Crippen molar-refractivity contribution in [1.82, 2.24) is 0 Å². The Balaban J connectivity index is 1.53. The van der Waals surface area contributed by atoms with E-state index in [2.05, 4.69) is 6.58 Å². The van der Waals surface area contributed by atoms with Crippen LogP contribution in [0, 0.1) is 13.8 Å². The number of hydrogen-bond acceptors (Lipinski definition) is 5. The Morgan fingerprint density at radius 1 is 0.932 bits per heavy atom. The number of ether oxygens (including phenoxy) is 2. The summed E-state index contributed by atoms with van der Waals surface area (Å²) in [6.45, 7) is 8.10. The smallest absolute Gasteiger partial charge is 0.271 e. The molecule has 1 amide bonds. The van der Waals surface area contributed by atoms with Gasteiger partial charge in [-0.3, -0.25) is 9.69 Å². The lowest BCUT2D eigenvalue weighted by molar-refractivity contribution is -0.113. The van der Waals surface area contributed by atoms with E-state index < -0.39 is 0 Å². The summed E-state index contributed by atoms with van der Waals surface area (Å²) in [5, 5.41) is 2.31. The summed E-state index contributed by atoms with van der Waals surface area (Å²) >= 11 is 20.2. The number of methoxy groups -OCH3 is 1. The number of nitrogens with zero attached hydrogens (tertiary/aromatic N) is 2. The van der Waals surface area contributed by atoms with Crippen LogP contribution in [0.3, 0.4) is 0 Å². The van der Waals surface area contributed by atoms with E-state index in [1.807, 2.05) is 80.6 Å². The third-order valence-corrected chi connectivity index (χ3v) is 8.97. The largest absolute Gasteiger partial charge is 0.493 e. The van der Waals surface area contributed by atoms with Crippen molar-refractivity contribution < 1.29 is 14.3 Å². The summed E-state index contributed by atoms with van der Waals surface area (Å²) < 4.78 is 12.0. The van der Waals surface area contributed by atoms with E-state index in [0.29, 0.717) is 61.0 Å². The van der Waals surface area contributed by atoms with Crippen LogP contribution in [-0.4, -0.2) is 18.2 Å². The summed E-state index contributed by atoms with van der Waals surface area (Å²) in [4.78, 5) is 20.8. The van der Waals surface area contributed by atoms with Crippen LogP contribution in [0.5, 0.6) is 11.5 Å². The van der Waals surface area contributed by atoms with Gasteiger partial charge in [-0.1, -0.05) is 65.1 Å². The Kier molecular flexibility index (Phi) is 10.1. The van der Waals surface area contributed by atoms with E-state index in [0.717, 1.165) is 27.8 Å². The van der Waals surface area contributed by atoms with Gasteiger partial charge in [0.25, 0.3) is 5.91 Å². The first-order chi connectivity index (χ1) is 21.2. The summed E-state index contributed by atoms with van der Waals surface area (Å²) in [5.41, 5.74) is 5.73. The molecule has 1 aliphatic heterocycles. The van der Waals surface area contributed by atoms with Crippen LogP contribution in [0.2, 0.25) is 15.1 Å². The fourth-order valence-electron chi connectivity index (χ4n) is 4.54. The van der Waals surface area contributed by atoms with Gasteiger partial charge in [-0.05, 0) is 109 Å². The van der Waals surface area contributed by atoms with Crippen molar-refractivity contribution in [2.75, 3.05) is 12.0 Å². The van der Waals surface area contributed by atoms with E-state index in [9.17, 15) is 4.79 Å². The lowest BCUT2D eigenvalue weighted by Crippen LogP contribution is -2.28. The molecule has 224 valence electrons. The summed E-state index contributed by atoms with van der Waals surface area (Å²) in [6.07, 6.45) is 4.18. The quantitative estimate of drug-likeness (QED) is 0.132. The standard InChI is InChI=1S/C35H29Cl3N2O3S/c1-5-6-25-15-24(16-31(42-4)33(25)43-20-23-9-11-26(36)12-10-23)17-32-34(41)40(28-14-8-22(3)30(38)19-28)35(44-32)39-27-13-7-21(2)29(37)18-27/h5,7-19H,1,6,20H2,2-4H3/b32-17+,39-35?. The van der Waals surface area contributed by atoms with Crippen molar-refractivity contribution in [2.24, 2.45) is 4.99 Å². The SMILES string of the molecule is C=CCc1cc(/C=C2/SC(=Nc3ccc(C)c(Cl)c3)N(c3ccc(C)c(Cl)c3)C2=O)cc(OC)c1OCc1ccc(Cl)cc1. The molecule has 4 aromatic rings. The summed E-state index contributed by atoms with van der Waals surface area (Å²) in [6, 6.07) is 22.4. The Labute approximate surface area is 276 Å². The first-order valence-corrected chi connectivity index (χ1v) is 15.7. The molecule has 0 spiro atoms. The maximum absolute atomic E-state index is 13.9. The Bertz CT molecular complexity index is 1800. The number of amides is 1. The number of rotatable bonds is 9. The minimum Gasteiger partial charge on any atom is -0.493 e. The molecule has 1 saturated heterocycles. The normalized spacial score (nSPS) is 14.9. The molecule has 0 saturated carbocycles. The van der Waals surface area contributed by atoms with Crippen molar-refractivity contribution in [1.29, 1.82) is 0 Å². The van der Waals surface area contributed by atoms with Gasteiger partial charge in [-0.25, -0.2) is 4.99 Å². The second-order valence-corrected chi connectivity index (χ2v) is 12.4. The molecule has 0 aliphatic carbocycles. The molecule has 0 N–H and O–H groups in total. The number of anilines is 1. The summed E-state index contributed by atoms with van der Waals surface area (Å²) in [5.74, 6) is 0.939. The van der Waals surface area contributed by atoms with Crippen molar-refractivity contribution in [2.45, 2.75) is 26.9 Å². The molecular formula is C35H29Cl3N2O3S. The zero-order chi connectivity index (χ0) is 31.4. The number of carbonyl (C=O) groups is 1. The topological polar surface area (TPSA) is 51.1 Å². The zero-order valence-electron chi connectivity index (χ0n) is 24.4. The van der Waals surface area contributed by atoms with Crippen molar-refractivity contribution in [3.05, 3.63) is 133 Å². The second-order valence-electron chi connectivity index (χ2n) is 10.1. The molecule has 9 heteroatoms. The number of carbonyl (C=O) groups excluding carboxylic acids is 1. The molecule has 0 radical (unpaired) electrons. The molecular weight excluding hydrogens is 635 g/mol. The fraction of sp³-hybridized carbons (Fsp3) is 0.143. The zero-order valence-corrected chi connectivity index (χ0v) is 27.4. The lowest BCUT2D eigenvalue weighted by Gasteiger charge is -2.17. The van der Waals surface area contributed by atoms with Gasteiger partial charge in [0.15, 0.2) is 16.7 Å². The number of benzene rings is 4. The van der Waals surface area contributed by atoms with Gasteiger partial charge >= 0.3 is 0 Å². The van der Waals surface area contributed by atoms with E-state index in [-0.39, 0.29) is 5.91 Å². The highest BCUT2D eigenvalue weighted by atomic mass is 35.5. The maximum Gasteiger partial charge on any atom is 0.271 e. The molecule has 1 fully saturated rings. The number of hydrogen-bond donors (Lipinski definition) is 0. The number of thioether (sulfide) groups is 1. The summed E-state index contributed by atoms with van der Waals surface area (Å²) in [7, 11) is 1.59. The predicted octanol–water partition coefficient (Wildman–Crippen LogP) is 10.4. The van der Waals surface area contributed by atoms with Crippen molar-refractivity contribution in [3.8, 4) is 11.5 Å². The average molecular weight is 664 g/mol. The molecule has 5 nitrogen and oxygen atoms in total. The third-order valence-electron chi connectivity index (χ3n) is 6.93. The molecule has 0 unspecified atom stereocenters. The van der Waals surface area contributed by atoms with E-state index in [1.165, 1.54) is 11.8 Å². The van der Waals surface area contributed by atoms with Gasteiger partial charge in [0.2, 0.25) is 0 Å². The van der Waals surface area contributed by atoms with Crippen LogP contribution in [0.25, 0.3) is 6.08 Å². The Hall–Kier alpha value is -3.68. The van der Waals surface area contributed by atoms with E-state index in [1.54, 1.807) is 30.2 Å². The Morgan fingerprint density at radius 2 is 1.64 bits per heavy atom. The molecule has 1 aliphatic rings. The van der Waals surface area contributed by atoms with E-state index in [4.69, 9.17) is 49.3 Å². The molecule has 4 aromatic carbocycles. The molecule has 0 aromatic heterocycles. The van der Waals surface area contributed by atoms with Gasteiger partial charge < -0.3 is 9.47 Å². The maximum atomic E-state index is 13.9. The lowest BCUT2D eigenvalue weighted by atomic mass is 10.0. The molecule has 0 atom stereocenters. The van der Waals surface area contributed by atoms with Crippen LogP contribution in [0.4, 0.5) is 11.4 Å². The highest BCUT2D eigenvalue weighted by Crippen LogP contribution is 2.41. The monoisotopic (exact) mass is 662 g/mol. The van der Waals surface area contributed by atoms with Crippen LogP contribution in [-0.2, 0) is 17.8 Å². The first-order valence-electron chi connectivity index (χ1n) is 13.7. The highest BCUT2D eigenvalue weighted by Gasteiger charge is 2.35. The number of allylic oxidation sites excluding steroid dienone is 1. The molecule has 1 heterocycles. The van der Waals surface area contributed by atoms with Crippen LogP contribution < -0.4 is 14.4 Å². The fourth-order valence-corrected chi connectivity index (χ4v) is 6.01. The predicted molar refractivity (Wildman–Crippen MR) is 185 cm³/mol. The van der Waals surface area contributed by atoms with Crippen LogP contribution in [0.15, 0.2) is 95.3 Å². The van der Waals surface area contributed by atoms with Crippen molar-refractivity contribution >= 4 is 75.1 Å². The number of aliphatic imine (C=N–C) groups is 1. The van der Waals surface area contributed by atoms with Crippen LogP contribution >= 0.6 is 46.6 Å². The Morgan fingerprint density at radius 3 is 2.30 bits per heavy atom. The minimum absolute atomic E-state index is 0.223. The highest BCUT2D eigenvalue weighted by molar-refractivity contribution is 8.19. The number of halogens is 3. The van der Waals surface area contributed by atoms with Gasteiger partial charge in [-0.2, -0.15) is 0 Å². The number of aryl methyl sites for hydroxylation is 2. The molecule has 44 heavy (non-hydrogen) atoms. The third kappa shape index (κ3) is 7.16. The number of amidine groups is 1. The molecule has 0 bridgehead atoms. The average Bonchev–Trinajstić information content (AvgIpc) is 3.30.